The molecule has 21 heavy (non-hydrogen) atoms. The summed E-state index contributed by atoms with van der Waals surface area (Å²) in [6.45, 7) is 2.77. The molecule has 0 aliphatic heterocycles. The van der Waals surface area contributed by atoms with E-state index < -0.39 is 0 Å². The first-order valence-corrected chi connectivity index (χ1v) is 7.03. The average Bonchev–Trinajstić information content (AvgIpc) is 2.53. The van der Waals surface area contributed by atoms with Gasteiger partial charge in [0.05, 0.1) is 7.11 Å². The van der Waals surface area contributed by atoms with Crippen molar-refractivity contribution in [3.8, 4) is 5.88 Å². The first-order chi connectivity index (χ1) is 10.2. The summed E-state index contributed by atoms with van der Waals surface area (Å²) in [5.74, 6) is 3.09. The third-order valence-corrected chi connectivity index (χ3v) is 2.98. The zero-order valence-electron chi connectivity index (χ0n) is 12.7. The van der Waals surface area contributed by atoms with Crippen molar-refractivity contribution in [2.45, 2.75) is 26.3 Å². The maximum absolute atomic E-state index is 5.12. The Labute approximate surface area is 125 Å². The predicted octanol–water partition coefficient (Wildman–Crippen LogP) is 2.49. The second kappa shape index (κ2) is 7.42. The molecule has 6 heteroatoms. The van der Waals surface area contributed by atoms with E-state index in [-0.39, 0.29) is 0 Å². The van der Waals surface area contributed by atoms with Gasteiger partial charge in [-0.25, -0.2) is 15.0 Å². The van der Waals surface area contributed by atoms with Crippen LogP contribution in [-0.2, 0) is 13.0 Å². The average molecular weight is 287 g/mol. The summed E-state index contributed by atoms with van der Waals surface area (Å²) >= 11 is 0. The molecule has 2 aromatic heterocycles. The molecule has 0 spiro atoms. The van der Waals surface area contributed by atoms with Crippen LogP contribution < -0.4 is 15.4 Å². The van der Waals surface area contributed by atoms with E-state index in [0.29, 0.717) is 12.4 Å². The van der Waals surface area contributed by atoms with Gasteiger partial charge in [-0.2, -0.15) is 0 Å². The van der Waals surface area contributed by atoms with Gasteiger partial charge in [0.2, 0.25) is 5.88 Å². The molecular weight excluding hydrogens is 266 g/mol. The zero-order chi connectivity index (χ0) is 15.1. The molecule has 0 saturated heterocycles. The lowest BCUT2D eigenvalue weighted by Gasteiger charge is -2.10. The Morgan fingerprint density at radius 3 is 2.71 bits per heavy atom. The highest BCUT2D eigenvalue weighted by Gasteiger charge is 2.04. The Hall–Kier alpha value is -2.37. The minimum Gasteiger partial charge on any atom is -0.481 e. The third-order valence-electron chi connectivity index (χ3n) is 2.98. The highest BCUT2D eigenvalue weighted by Crippen LogP contribution is 2.14. The van der Waals surface area contributed by atoms with E-state index in [1.54, 1.807) is 13.3 Å². The van der Waals surface area contributed by atoms with E-state index in [1.807, 2.05) is 25.2 Å². The van der Waals surface area contributed by atoms with Crippen LogP contribution in [0.5, 0.6) is 5.88 Å². The quantitative estimate of drug-likeness (QED) is 0.815. The van der Waals surface area contributed by atoms with Crippen LogP contribution in [0.4, 0.5) is 11.6 Å². The number of nitrogens with one attached hydrogen (secondary N) is 2. The van der Waals surface area contributed by atoms with Gasteiger partial charge in [0.1, 0.15) is 17.5 Å². The number of rotatable bonds is 7. The molecule has 0 amide bonds. The Balaban J connectivity index is 2.09. The SMILES string of the molecule is CCCc1nc(NC)cc(NCc2ccnc(OC)c2)n1. The van der Waals surface area contributed by atoms with Gasteiger partial charge in [0.15, 0.2) is 0 Å². The van der Waals surface area contributed by atoms with E-state index in [1.165, 1.54) is 0 Å². The number of anilines is 2. The molecule has 0 bridgehead atoms. The van der Waals surface area contributed by atoms with Gasteiger partial charge >= 0.3 is 0 Å². The summed E-state index contributed by atoms with van der Waals surface area (Å²) < 4.78 is 5.12. The Kier molecular flexibility index (Phi) is 5.31. The third kappa shape index (κ3) is 4.30. The van der Waals surface area contributed by atoms with Crippen molar-refractivity contribution < 1.29 is 4.74 Å². The topological polar surface area (TPSA) is 72.0 Å². The Bertz CT molecular complexity index is 588. The fraction of sp³-hybridized carbons (Fsp3) is 0.400. The number of methoxy groups -OCH3 is 1. The lowest BCUT2D eigenvalue weighted by atomic mass is 10.2. The van der Waals surface area contributed by atoms with Crippen LogP contribution in [0.2, 0.25) is 0 Å². The van der Waals surface area contributed by atoms with Gasteiger partial charge in [-0.1, -0.05) is 6.92 Å². The molecule has 0 unspecified atom stereocenters. The van der Waals surface area contributed by atoms with Crippen molar-refractivity contribution in [3.05, 3.63) is 35.8 Å². The Morgan fingerprint density at radius 2 is 2.00 bits per heavy atom. The number of aryl methyl sites for hydroxylation is 1. The molecular formula is C15H21N5O. The van der Waals surface area contributed by atoms with Crippen LogP contribution in [0.3, 0.4) is 0 Å². The van der Waals surface area contributed by atoms with Crippen molar-refractivity contribution in [2.24, 2.45) is 0 Å². The second-order valence-electron chi connectivity index (χ2n) is 4.61. The van der Waals surface area contributed by atoms with Crippen molar-refractivity contribution >= 4 is 11.6 Å². The number of hydrogen-bond donors (Lipinski definition) is 2. The number of ether oxygens (including phenoxy) is 1. The zero-order valence-corrected chi connectivity index (χ0v) is 12.7. The van der Waals surface area contributed by atoms with Crippen LogP contribution in [0.25, 0.3) is 0 Å². The molecule has 0 atom stereocenters. The standard InChI is InChI=1S/C15H21N5O/c1-4-5-12-19-13(16-2)9-14(20-12)18-10-11-6-7-17-15(8-11)21-3/h6-9H,4-5,10H2,1-3H3,(H2,16,18,19,20). The Morgan fingerprint density at radius 1 is 1.19 bits per heavy atom. The first-order valence-electron chi connectivity index (χ1n) is 7.03. The fourth-order valence-electron chi connectivity index (χ4n) is 1.92. The first kappa shape index (κ1) is 15.0. The van der Waals surface area contributed by atoms with E-state index in [2.05, 4.69) is 32.5 Å². The molecule has 0 aromatic carbocycles. The van der Waals surface area contributed by atoms with E-state index in [0.717, 1.165) is 35.9 Å². The summed E-state index contributed by atoms with van der Waals surface area (Å²) in [4.78, 5) is 13.0. The molecule has 112 valence electrons. The van der Waals surface area contributed by atoms with Gasteiger partial charge in [-0.15, -0.1) is 0 Å². The highest BCUT2D eigenvalue weighted by molar-refractivity contribution is 5.47. The van der Waals surface area contributed by atoms with Gasteiger partial charge in [0.25, 0.3) is 0 Å². The van der Waals surface area contributed by atoms with Crippen LogP contribution in [0.15, 0.2) is 24.4 Å². The van der Waals surface area contributed by atoms with E-state index in [4.69, 9.17) is 4.74 Å². The van der Waals surface area contributed by atoms with Crippen molar-refractivity contribution in [2.75, 3.05) is 24.8 Å². The molecule has 2 aromatic rings. The molecule has 0 aliphatic carbocycles. The monoisotopic (exact) mass is 287 g/mol. The normalized spacial score (nSPS) is 10.2. The van der Waals surface area contributed by atoms with Crippen molar-refractivity contribution in [1.82, 2.24) is 15.0 Å². The summed E-state index contributed by atoms with van der Waals surface area (Å²) in [5, 5.41) is 6.37. The molecule has 6 nitrogen and oxygen atoms in total. The van der Waals surface area contributed by atoms with Gasteiger partial charge in [-0.3, -0.25) is 0 Å². The van der Waals surface area contributed by atoms with E-state index >= 15 is 0 Å². The lowest BCUT2D eigenvalue weighted by Crippen LogP contribution is -2.07. The molecule has 0 fully saturated rings. The van der Waals surface area contributed by atoms with Gasteiger partial charge < -0.3 is 15.4 Å². The van der Waals surface area contributed by atoms with Gasteiger partial charge in [0, 0.05) is 38.3 Å². The molecule has 0 aliphatic rings. The predicted molar refractivity (Wildman–Crippen MR) is 83.7 cm³/mol. The second-order valence-corrected chi connectivity index (χ2v) is 4.61. The fourth-order valence-corrected chi connectivity index (χ4v) is 1.92. The van der Waals surface area contributed by atoms with Crippen LogP contribution in [-0.4, -0.2) is 29.1 Å². The lowest BCUT2D eigenvalue weighted by molar-refractivity contribution is 0.397. The van der Waals surface area contributed by atoms with Crippen molar-refractivity contribution in [1.29, 1.82) is 0 Å². The van der Waals surface area contributed by atoms with Crippen LogP contribution in [0.1, 0.15) is 24.7 Å². The van der Waals surface area contributed by atoms with Crippen LogP contribution in [0, 0.1) is 0 Å². The highest BCUT2D eigenvalue weighted by atomic mass is 16.5. The number of aromatic nitrogens is 3. The molecule has 0 radical (unpaired) electrons. The summed E-state index contributed by atoms with van der Waals surface area (Å²) in [5.41, 5.74) is 1.09. The molecule has 2 N–H and O–H groups in total. The van der Waals surface area contributed by atoms with E-state index in [9.17, 15) is 0 Å². The molecule has 2 rings (SSSR count). The van der Waals surface area contributed by atoms with Gasteiger partial charge in [-0.05, 0) is 18.1 Å². The molecule has 2 heterocycles. The summed E-state index contributed by atoms with van der Waals surface area (Å²) in [7, 11) is 3.47. The summed E-state index contributed by atoms with van der Waals surface area (Å²) in [6, 6.07) is 5.75. The minimum atomic E-state index is 0.611. The minimum absolute atomic E-state index is 0.611. The maximum atomic E-state index is 5.12. The maximum Gasteiger partial charge on any atom is 0.213 e. The largest absolute Gasteiger partial charge is 0.481 e. The summed E-state index contributed by atoms with van der Waals surface area (Å²) in [6.07, 6.45) is 3.62. The number of pyridine rings is 1. The molecule has 0 saturated carbocycles. The van der Waals surface area contributed by atoms with Crippen molar-refractivity contribution in [3.63, 3.8) is 0 Å². The smallest absolute Gasteiger partial charge is 0.213 e. The van der Waals surface area contributed by atoms with Crippen LogP contribution >= 0.6 is 0 Å². The number of hydrogen-bond acceptors (Lipinski definition) is 6. The number of nitrogens with zero attached hydrogens (tertiary/aromatic N) is 3.